The Morgan fingerprint density at radius 2 is 2.09 bits per heavy atom. The molecule has 3 rings (SSSR count). The summed E-state index contributed by atoms with van der Waals surface area (Å²) in [6.07, 6.45) is 3.93. The van der Waals surface area contributed by atoms with Gasteiger partial charge in [-0.05, 0) is 25.0 Å². The third-order valence-electron chi connectivity index (χ3n) is 3.41. The maximum absolute atomic E-state index is 12.5. The van der Waals surface area contributed by atoms with Crippen LogP contribution in [0.5, 0.6) is 0 Å². The Bertz CT molecular complexity index is 814. The molecule has 0 bridgehead atoms. The van der Waals surface area contributed by atoms with Crippen molar-refractivity contribution in [2.24, 2.45) is 0 Å². The van der Waals surface area contributed by atoms with Crippen molar-refractivity contribution < 1.29 is 8.42 Å². The molecule has 0 radical (unpaired) electrons. The van der Waals surface area contributed by atoms with Gasteiger partial charge < -0.3 is 5.32 Å². The maximum Gasteiger partial charge on any atom is 0.242 e. The fourth-order valence-corrected chi connectivity index (χ4v) is 4.52. The van der Waals surface area contributed by atoms with Crippen molar-refractivity contribution in [2.75, 3.05) is 12.3 Å². The summed E-state index contributed by atoms with van der Waals surface area (Å²) >= 11 is 6.66. The molecule has 2 N–H and O–H groups in total. The molecule has 23 heavy (non-hydrogen) atoms. The number of fused-ring (bicyclic) bond motifs is 1. The molecule has 0 unspecified atom stereocenters. The normalized spacial score (nSPS) is 14.8. The fourth-order valence-electron chi connectivity index (χ4n) is 2.13. The Kier molecular flexibility index (Phi) is 5.15. The Hall–Kier alpha value is -1.22. The quantitative estimate of drug-likeness (QED) is 0.603. The first-order chi connectivity index (χ1) is 11.1. The number of sulfonamides is 1. The molecule has 122 valence electrons. The molecule has 1 heterocycles. The first kappa shape index (κ1) is 16.6. The van der Waals surface area contributed by atoms with Gasteiger partial charge in [0.1, 0.15) is 9.22 Å². The van der Waals surface area contributed by atoms with Crippen LogP contribution in [0.25, 0.3) is 10.9 Å². The molecule has 0 aliphatic heterocycles. The number of para-hydroxylation sites is 1. The van der Waals surface area contributed by atoms with E-state index in [0.29, 0.717) is 23.9 Å². The van der Waals surface area contributed by atoms with Crippen LogP contribution in [0.3, 0.4) is 0 Å². The number of nitrogens with one attached hydrogen (secondary N) is 2. The highest BCUT2D eigenvalue weighted by atomic mass is 32.2. The Balaban J connectivity index is 1.60. The van der Waals surface area contributed by atoms with Gasteiger partial charge in [0.15, 0.2) is 0 Å². The average Bonchev–Trinajstić information content (AvgIpc) is 3.35. The van der Waals surface area contributed by atoms with E-state index < -0.39 is 10.0 Å². The second-order valence-electron chi connectivity index (χ2n) is 5.28. The van der Waals surface area contributed by atoms with Crippen molar-refractivity contribution in [2.45, 2.75) is 23.8 Å². The lowest BCUT2D eigenvalue weighted by Gasteiger charge is -2.09. The summed E-state index contributed by atoms with van der Waals surface area (Å²) in [7, 11) is -3.59. The van der Waals surface area contributed by atoms with Gasteiger partial charge in [0, 0.05) is 29.9 Å². The lowest BCUT2D eigenvalue weighted by atomic mass is 10.2. The molecule has 1 aliphatic rings. The second kappa shape index (κ2) is 7.12. The number of thiocarbonyl (C=S) groups is 1. The summed E-state index contributed by atoms with van der Waals surface area (Å²) in [5, 5.41) is 4.02. The Morgan fingerprint density at radius 1 is 1.30 bits per heavy atom. The van der Waals surface area contributed by atoms with Gasteiger partial charge in [0.05, 0.1) is 5.52 Å². The van der Waals surface area contributed by atoms with E-state index in [1.54, 1.807) is 24.4 Å². The minimum absolute atomic E-state index is 0.208. The van der Waals surface area contributed by atoms with Crippen LogP contribution >= 0.6 is 24.0 Å². The third-order valence-corrected chi connectivity index (χ3v) is 6.16. The monoisotopic (exact) mass is 367 g/mol. The molecule has 0 saturated heterocycles. The van der Waals surface area contributed by atoms with Gasteiger partial charge in [-0.15, -0.1) is 0 Å². The topological polar surface area (TPSA) is 71.1 Å². The first-order valence-corrected chi connectivity index (χ1v) is 10.2. The smallest absolute Gasteiger partial charge is 0.242 e. The van der Waals surface area contributed by atoms with Crippen LogP contribution in [0, 0.1) is 0 Å². The summed E-state index contributed by atoms with van der Waals surface area (Å²) in [5.41, 5.74) is 0.487. The van der Waals surface area contributed by atoms with Gasteiger partial charge >= 0.3 is 0 Å². The van der Waals surface area contributed by atoms with Gasteiger partial charge in [-0.25, -0.2) is 13.1 Å². The van der Waals surface area contributed by atoms with Crippen LogP contribution in [0.4, 0.5) is 0 Å². The molecule has 1 aromatic heterocycles. The highest BCUT2D eigenvalue weighted by Crippen LogP contribution is 2.21. The average molecular weight is 368 g/mol. The van der Waals surface area contributed by atoms with Gasteiger partial charge in [0.25, 0.3) is 0 Å². The molecule has 1 fully saturated rings. The zero-order valence-electron chi connectivity index (χ0n) is 12.4. The summed E-state index contributed by atoms with van der Waals surface area (Å²) < 4.78 is 28.3. The standard InChI is InChI=1S/C15H17N3O2S3/c19-23(20,17-9-10-22-15(21)18-12-6-7-12)13-5-1-3-11-4-2-8-16-14(11)13/h1-5,8,12,17H,6-7,9-10H2,(H,18,21). The predicted octanol–water partition coefficient (Wildman–Crippen LogP) is 2.28. The van der Waals surface area contributed by atoms with Crippen molar-refractivity contribution in [1.29, 1.82) is 0 Å². The van der Waals surface area contributed by atoms with Crippen LogP contribution in [-0.2, 0) is 10.0 Å². The molecule has 0 atom stereocenters. The minimum Gasteiger partial charge on any atom is -0.368 e. The van der Waals surface area contributed by atoms with Gasteiger partial charge in [-0.3, -0.25) is 4.98 Å². The lowest BCUT2D eigenvalue weighted by molar-refractivity contribution is 0.585. The third kappa shape index (κ3) is 4.41. The number of benzene rings is 1. The zero-order valence-corrected chi connectivity index (χ0v) is 14.8. The number of rotatable bonds is 6. The van der Waals surface area contributed by atoms with Gasteiger partial charge in [0.2, 0.25) is 10.0 Å². The second-order valence-corrected chi connectivity index (χ2v) is 8.79. The van der Waals surface area contributed by atoms with Crippen molar-refractivity contribution in [1.82, 2.24) is 15.0 Å². The van der Waals surface area contributed by atoms with Gasteiger partial charge in [-0.1, -0.05) is 42.2 Å². The molecular formula is C15H17N3O2S3. The summed E-state index contributed by atoms with van der Waals surface area (Å²) in [6, 6.07) is 9.30. The highest BCUT2D eigenvalue weighted by molar-refractivity contribution is 8.23. The van der Waals surface area contributed by atoms with E-state index in [0.717, 1.165) is 9.71 Å². The van der Waals surface area contributed by atoms with E-state index in [2.05, 4.69) is 15.0 Å². The van der Waals surface area contributed by atoms with Crippen LogP contribution < -0.4 is 10.0 Å². The lowest BCUT2D eigenvalue weighted by Crippen LogP contribution is -2.28. The minimum atomic E-state index is -3.59. The molecule has 1 aliphatic carbocycles. The number of thioether (sulfide) groups is 1. The summed E-state index contributed by atoms with van der Waals surface area (Å²) in [6.45, 7) is 0.322. The van der Waals surface area contributed by atoms with E-state index in [1.165, 1.54) is 24.6 Å². The van der Waals surface area contributed by atoms with E-state index in [4.69, 9.17) is 12.2 Å². The van der Waals surface area contributed by atoms with E-state index in [-0.39, 0.29) is 4.90 Å². The highest BCUT2D eigenvalue weighted by Gasteiger charge is 2.22. The molecule has 0 amide bonds. The van der Waals surface area contributed by atoms with Crippen LogP contribution in [0.2, 0.25) is 0 Å². The molecule has 5 nitrogen and oxygen atoms in total. The Labute approximate surface area is 145 Å². The van der Waals surface area contributed by atoms with Crippen LogP contribution in [0.15, 0.2) is 41.4 Å². The zero-order chi connectivity index (χ0) is 16.3. The number of hydrogen-bond donors (Lipinski definition) is 2. The van der Waals surface area contributed by atoms with Crippen molar-refractivity contribution in [3.8, 4) is 0 Å². The molecule has 1 saturated carbocycles. The van der Waals surface area contributed by atoms with Crippen LogP contribution in [-0.4, -0.2) is 36.1 Å². The van der Waals surface area contributed by atoms with E-state index in [1.807, 2.05) is 12.1 Å². The summed E-state index contributed by atoms with van der Waals surface area (Å²) in [4.78, 5) is 4.40. The summed E-state index contributed by atoms with van der Waals surface area (Å²) in [5.74, 6) is 0.593. The largest absolute Gasteiger partial charge is 0.368 e. The van der Waals surface area contributed by atoms with Crippen LogP contribution in [0.1, 0.15) is 12.8 Å². The van der Waals surface area contributed by atoms with Crippen molar-refractivity contribution in [3.05, 3.63) is 36.5 Å². The fraction of sp³-hybridized carbons (Fsp3) is 0.333. The molecule has 1 aromatic carbocycles. The molecule has 0 spiro atoms. The van der Waals surface area contributed by atoms with Crippen molar-refractivity contribution >= 4 is 49.2 Å². The van der Waals surface area contributed by atoms with Crippen molar-refractivity contribution in [3.63, 3.8) is 0 Å². The number of pyridine rings is 1. The van der Waals surface area contributed by atoms with E-state index in [9.17, 15) is 8.42 Å². The predicted molar refractivity (Wildman–Crippen MR) is 98.1 cm³/mol. The van der Waals surface area contributed by atoms with Gasteiger partial charge in [-0.2, -0.15) is 0 Å². The maximum atomic E-state index is 12.5. The molecule has 2 aromatic rings. The number of hydrogen-bond acceptors (Lipinski definition) is 5. The molecule has 8 heteroatoms. The SMILES string of the molecule is O=S(=O)(NCCSC(=S)NC1CC1)c1cccc2cccnc12. The number of aromatic nitrogens is 1. The molecular weight excluding hydrogens is 350 g/mol. The van der Waals surface area contributed by atoms with E-state index >= 15 is 0 Å². The number of nitrogens with zero attached hydrogens (tertiary/aromatic N) is 1. The first-order valence-electron chi connectivity index (χ1n) is 7.33. The Morgan fingerprint density at radius 3 is 2.87 bits per heavy atom.